The van der Waals surface area contributed by atoms with Gasteiger partial charge in [-0.15, -0.1) is 11.3 Å². The molecule has 2 heterocycles. The van der Waals surface area contributed by atoms with E-state index in [1.807, 2.05) is 91.0 Å². The summed E-state index contributed by atoms with van der Waals surface area (Å²) < 4.78 is 15.5. The van der Waals surface area contributed by atoms with Crippen molar-refractivity contribution in [3.8, 4) is 11.1 Å². The zero-order valence-corrected chi connectivity index (χ0v) is 27.5. The van der Waals surface area contributed by atoms with Crippen LogP contribution < -0.4 is 5.32 Å². The quantitative estimate of drug-likeness (QED) is 0.117. The van der Waals surface area contributed by atoms with Crippen LogP contribution >= 0.6 is 23.1 Å². The molecule has 5 aromatic rings. The fraction of sp³-hybridized carbons (Fsp3) is 0.270. The number of benzene rings is 4. The van der Waals surface area contributed by atoms with E-state index in [1.165, 1.54) is 0 Å². The third-order valence-electron chi connectivity index (χ3n) is 8.32. The van der Waals surface area contributed by atoms with Gasteiger partial charge in [0.25, 0.3) is 0 Å². The maximum atomic E-state index is 12.1. The highest BCUT2D eigenvalue weighted by Crippen LogP contribution is 2.44. The summed E-state index contributed by atoms with van der Waals surface area (Å²) >= 11 is 3.39. The first-order valence-electron chi connectivity index (χ1n) is 15.5. The molecule has 3 N–H and O–H groups in total. The van der Waals surface area contributed by atoms with Crippen molar-refractivity contribution in [3.63, 3.8) is 0 Å². The fourth-order valence-electron chi connectivity index (χ4n) is 5.65. The van der Waals surface area contributed by atoms with Gasteiger partial charge in [-0.1, -0.05) is 104 Å². The molecule has 10 heteroatoms. The van der Waals surface area contributed by atoms with Crippen LogP contribution in [0.5, 0.6) is 0 Å². The number of nitrogens with zero attached hydrogens (tertiary/aromatic N) is 1. The van der Waals surface area contributed by atoms with Gasteiger partial charge in [0.2, 0.25) is 5.91 Å². The van der Waals surface area contributed by atoms with Crippen LogP contribution in [0.4, 0.5) is 0 Å². The number of fused-ring (bicyclic) bond motifs is 1. The van der Waals surface area contributed by atoms with Crippen molar-refractivity contribution in [1.82, 2.24) is 10.3 Å². The smallest absolute Gasteiger partial charge is 0.303 e. The van der Waals surface area contributed by atoms with Gasteiger partial charge in [0.15, 0.2) is 10.6 Å². The molecule has 1 saturated heterocycles. The van der Waals surface area contributed by atoms with Crippen LogP contribution in [0.2, 0.25) is 0 Å². The van der Waals surface area contributed by atoms with Crippen LogP contribution in [0.25, 0.3) is 21.3 Å². The molecule has 1 fully saturated rings. The van der Waals surface area contributed by atoms with Crippen molar-refractivity contribution in [2.75, 3.05) is 5.75 Å². The van der Waals surface area contributed by atoms with E-state index in [-0.39, 0.29) is 43.5 Å². The summed E-state index contributed by atoms with van der Waals surface area (Å²) in [5.74, 6) is -0.514. The first-order valence-corrected chi connectivity index (χ1v) is 17.3. The molecule has 4 unspecified atom stereocenters. The molecule has 8 nitrogen and oxygen atoms in total. The minimum atomic E-state index is -0.995. The molecule has 0 radical (unpaired) electrons. The van der Waals surface area contributed by atoms with Crippen molar-refractivity contribution in [3.05, 3.63) is 119 Å². The molecule has 0 saturated carbocycles. The van der Waals surface area contributed by atoms with Gasteiger partial charge in [0, 0.05) is 30.2 Å². The first kappa shape index (κ1) is 32.9. The summed E-state index contributed by atoms with van der Waals surface area (Å²) in [6, 6.07) is 32.0. The highest BCUT2D eigenvalue weighted by atomic mass is 32.2. The number of aromatic nitrogens is 1. The van der Waals surface area contributed by atoms with Crippen molar-refractivity contribution in [2.45, 2.75) is 55.8 Å². The largest absolute Gasteiger partial charge is 0.481 e. The van der Waals surface area contributed by atoms with Gasteiger partial charge < -0.3 is 25.0 Å². The number of nitrogens with one attached hydrogen (secondary N) is 1. The Bertz CT molecular complexity index is 1790. The Kier molecular flexibility index (Phi) is 10.6. The fourth-order valence-corrected chi connectivity index (χ4v) is 7.91. The molecule has 6 rings (SSSR count). The van der Waals surface area contributed by atoms with Gasteiger partial charge in [-0.3, -0.25) is 9.59 Å². The average Bonchev–Trinajstić information content (AvgIpc) is 3.53. The summed E-state index contributed by atoms with van der Waals surface area (Å²) in [5, 5.41) is 21.3. The summed E-state index contributed by atoms with van der Waals surface area (Å²) in [4.78, 5) is 27.8. The zero-order valence-electron chi connectivity index (χ0n) is 25.9. The van der Waals surface area contributed by atoms with Gasteiger partial charge in [-0.25, -0.2) is 4.98 Å². The lowest BCUT2D eigenvalue weighted by atomic mass is 9.91. The molecular weight excluding hydrogens is 633 g/mol. The Morgan fingerprint density at radius 3 is 2.36 bits per heavy atom. The molecule has 1 aliphatic heterocycles. The normalized spacial score (nSPS) is 19.4. The van der Waals surface area contributed by atoms with Crippen LogP contribution in [-0.4, -0.2) is 38.9 Å². The molecule has 0 spiro atoms. The Morgan fingerprint density at radius 1 is 0.894 bits per heavy atom. The number of hydrogen-bond acceptors (Lipinski definition) is 8. The number of carbonyl (C=O) groups is 2. The summed E-state index contributed by atoms with van der Waals surface area (Å²) in [6.45, 7) is 2.44. The molecule has 0 bridgehead atoms. The lowest BCUT2D eigenvalue weighted by molar-refractivity contribution is -0.268. The van der Waals surface area contributed by atoms with Crippen molar-refractivity contribution in [2.24, 2.45) is 5.92 Å². The number of aliphatic hydroxyl groups excluding tert-OH is 1. The van der Waals surface area contributed by atoms with E-state index in [9.17, 15) is 14.7 Å². The summed E-state index contributed by atoms with van der Waals surface area (Å²) in [5.41, 5.74) is 6.67. The highest BCUT2D eigenvalue weighted by molar-refractivity contribution is 8.01. The summed E-state index contributed by atoms with van der Waals surface area (Å²) in [6.07, 6.45) is -1.17. The standard InChI is InChI=1S/C37H36N2O6S2/c1-23-31(22-46-37-39-30-8-4-5-9-32(30)47-37)44-36(45-35(23)26-12-10-24(21-40)11-13-26)27-16-14-25(15-17-27)29-7-3-2-6-28(29)20-38-33(41)18-19-34(42)43/h2-17,23,31,35-36,40H,18-22H2,1H3,(H,38,41)(H,42,43). The predicted octanol–water partition coefficient (Wildman–Crippen LogP) is 7.52. The third kappa shape index (κ3) is 8.09. The van der Waals surface area contributed by atoms with E-state index in [2.05, 4.69) is 18.3 Å². The van der Waals surface area contributed by atoms with Crippen molar-refractivity contribution >= 4 is 45.2 Å². The molecule has 1 amide bonds. The molecule has 1 aliphatic rings. The predicted molar refractivity (Wildman–Crippen MR) is 184 cm³/mol. The second-order valence-corrected chi connectivity index (χ2v) is 13.8. The number of carboxylic acids is 1. The number of ether oxygens (including phenoxy) is 2. The molecule has 4 aromatic carbocycles. The number of carbonyl (C=O) groups excluding carboxylic acids is 1. The monoisotopic (exact) mass is 668 g/mol. The Hall–Kier alpha value is -4.06. The average molecular weight is 669 g/mol. The summed E-state index contributed by atoms with van der Waals surface area (Å²) in [7, 11) is 0. The molecular formula is C37H36N2O6S2. The molecule has 1 aromatic heterocycles. The number of rotatable bonds is 12. The number of hydrogen-bond donors (Lipinski definition) is 3. The number of aliphatic hydroxyl groups is 1. The first-order chi connectivity index (χ1) is 22.9. The second kappa shape index (κ2) is 15.2. The maximum Gasteiger partial charge on any atom is 0.303 e. The number of thiazole rings is 1. The Balaban J connectivity index is 1.20. The van der Waals surface area contributed by atoms with Crippen molar-refractivity contribution < 1.29 is 29.3 Å². The van der Waals surface area contributed by atoms with E-state index < -0.39 is 12.3 Å². The van der Waals surface area contributed by atoms with Crippen LogP contribution in [0.3, 0.4) is 0 Å². The lowest BCUT2D eigenvalue weighted by Gasteiger charge is -2.41. The van der Waals surface area contributed by atoms with E-state index >= 15 is 0 Å². The minimum absolute atomic E-state index is 0.0128. The van der Waals surface area contributed by atoms with Gasteiger partial charge in [0.1, 0.15) is 0 Å². The number of carboxylic acid groups (broad SMARTS) is 1. The van der Waals surface area contributed by atoms with E-state index in [0.29, 0.717) is 6.54 Å². The SMILES string of the molecule is CC1C(CSc2nc3ccccc3s2)OC(c2ccc(-c3ccccc3CNC(=O)CCC(=O)O)cc2)OC1c1ccc(CO)cc1. The Morgan fingerprint density at radius 2 is 1.62 bits per heavy atom. The minimum Gasteiger partial charge on any atom is -0.481 e. The molecule has 242 valence electrons. The number of amides is 1. The topological polar surface area (TPSA) is 118 Å². The van der Waals surface area contributed by atoms with Crippen LogP contribution in [0.1, 0.15) is 54.4 Å². The molecule has 0 aliphatic carbocycles. The van der Waals surface area contributed by atoms with Crippen LogP contribution in [-0.2, 0) is 32.2 Å². The van der Waals surface area contributed by atoms with Crippen LogP contribution in [0, 0.1) is 5.92 Å². The van der Waals surface area contributed by atoms with E-state index in [0.717, 1.165) is 53.7 Å². The van der Waals surface area contributed by atoms with Gasteiger partial charge in [0.05, 0.1) is 35.5 Å². The zero-order chi connectivity index (χ0) is 32.8. The Labute approximate surface area is 281 Å². The number of aliphatic carboxylic acids is 1. The molecule has 47 heavy (non-hydrogen) atoms. The maximum absolute atomic E-state index is 12.1. The third-order valence-corrected chi connectivity index (χ3v) is 10.6. The number of thioether (sulfide) groups is 1. The van der Waals surface area contributed by atoms with E-state index in [1.54, 1.807) is 23.1 Å². The van der Waals surface area contributed by atoms with E-state index in [4.69, 9.17) is 19.6 Å². The van der Waals surface area contributed by atoms with Gasteiger partial charge in [-0.2, -0.15) is 0 Å². The number of para-hydroxylation sites is 1. The lowest BCUT2D eigenvalue weighted by Crippen LogP contribution is -2.38. The highest BCUT2D eigenvalue weighted by Gasteiger charge is 2.38. The molecule has 4 atom stereocenters. The van der Waals surface area contributed by atoms with Gasteiger partial charge >= 0.3 is 5.97 Å². The van der Waals surface area contributed by atoms with Gasteiger partial charge in [-0.05, 0) is 39.9 Å². The van der Waals surface area contributed by atoms with Crippen LogP contribution in [0.15, 0.2) is 101 Å². The second-order valence-electron chi connectivity index (χ2n) is 11.5. The van der Waals surface area contributed by atoms with Crippen molar-refractivity contribution in [1.29, 1.82) is 0 Å².